The van der Waals surface area contributed by atoms with E-state index in [-0.39, 0.29) is 0 Å². The molecule has 1 aromatic carbocycles. The zero-order valence-electron chi connectivity index (χ0n) is 13.2. The van der Waals surface area contributed by atoms with Gasteiger partial charge in [0.1, 0.15) is 5.82 Å². The summed E-state index contributed by atoms with van der Waals surface area (Å²) < 4.78 is 5.39. The van der Waals surface area contributed by atoms with Crippen LogP contribution in [0.1, 0.15) is 16.8 Å². The number of aryl methyl sites for hydroxylation is 2. The van der Waals surface area contributed by atoms with Crippen LogP contribution in [0, 0.1) is 13.8 Å². The second kappa shape index (κ2) is 6.75. The Balaban J connectivity index is 1.73. The Morgan fingerprint density at radius 1 is 1.14 bits per heavy atom. The second-order valence-electron chi connectivity index (χ2n) is 5.57. The number of aromatic nitrogens is 2. The zero-order valence-corrected chi connectivity index (χ0v) is 13.2. The summed E-state index contributed by atoms with van der Waals surface area (Å²) in [6, 6.07) is 10.4. The lowest BCUT2D eigenvalue weighted by atomic mass is 10.1. The lowest BCUT2D eigenvalue weighted by Gasteiger charge is -2.27. The number of anilines is 2. The average molecular weight is 298 g/mol. The fourth-order valence-corrected chi connectivity index (χ4v) is 2.54. The first-order valence-electron chi connectivity index (χ1n) is 7.69. The van der Waals surface area contributed by atoms with Gasteiger partial charge >= 0.3 is 0 Å². The van der Waals surface area contributed by atoms with Crippen LogP contribution in [0.4, 0.5) is 11.8 Å². The van der Waals surface area contributed by atoms with Crippen LogP contribution in [-0.4, -0.2) is 36.3 Å². The summed E-state index contributed by atoms with van der Waals surface area (Å²) in [5.41, 5.74) is 3.55. The zero-order chi connectivity index (χ0) is 15.4. The van der Waals surface area contributed by atoms with E-state index in [1.807, 2.05) is 13.0 Å². The molecule has 1 fully saturated rings. The van der Waals surface area contributed by atoms with E-state index in [1.165, 1.54) is 11.1 Å². The Bertz CT molecular complexity index is 638. The van der Waals surface area contributed by atoms with E-state index >= 15 is 0 Å². The van der Waals surface area contributed by atoms with Crippen LogP contribution >= 0.6 is 0 Å². The first-order chi connectivity index (χ1) is 10.7. The van der Waals surface area contributed by atoms with E-state index in [0.717, 1.165) is 50.3 Å². The first kappa shape index (κ1) is 14.8. The molecule has 1 saturated heterocycles. The van der Waals surface area contributed by atoms with Crippen LogP contribution in [0.15, 0.2) is 30.3 Å². The van der Waals surface area contributed by atoms with Crippen molar-refractivity contribution in [2.45, 2.75) is 20.4 Å². The molecule has 116 valence electrons. The molecule has 0 aliphatic carbocycles. The number of benzene rings is 1. The van der Waals surface area contributed by atoms with Crippen molar-refractivity contribution in [3.05, 3.63) is 47.2 Å². The molecule has 0 spiro atoms. The molecule has 1 N–H and O–H groups in total. The maximum atomic E-state index is 5.39. The van der Waals surface area contributed by atoms with Gasteiger partial charge in [-0.05, 0) is 25.0 Å². The van der Waals surface area contributed by atoms with Gasteiger partial charge in [0.2, 0.25) is 5.95 Å². The first-order valence-corrected chi connectivity index (χ1v) is 7.69. The van der Waals surface area contributed by atoms with Crippen molar-refractivity contribution in [1.82, 2.24) is 9.97 Å². The van der Waals surface area contributed by atoms with Crippen LogP contribution in [-0.2, 0) is 11.3 Å². The third-order valence-electron chi connectivity index (χ3n) is 3.86. The fraction of sp³-hybridized carbons (Fsp3) is 0.412. The van der Waals surface area contributed by atoms with E-state index in [1.54, 1.807) is 0 Å². The van der Waals surface area contributed by atoms with Gasteiger partial charge in [-0.15, -0.1) is 0 Å². The van der Waals surface area contributed by atoms with E-state index < -0.39 is 0 Å². The smallest absolute Gasteiger partial charge is 0.227 e. The molecule has 2 aromatic rings. The molecule has 0 atom stereocenters. The number of hydrogen-bond acceptors (Lipinski definition) is 5. The van der Waals surface area contributed by atoms with Crippen LogP contribution < -0.4 is 10.2 Å². The van der Waals surface area contributed by atoms with E-state index in [4.69, 9.17) is 4.74 Å². The lowest BCUT2D eigenvalue weighted by Crippen LogP contribution is -2.37. The van der Waals surface area contributed by atoms with Crippen molar-refractivity contribution >= 4 is 11.8 Å². The van der Waals surface area contributed by atoms with Gasteiger partial charge in [0.15, 0.2) is 0 Å². The van der Waals surface area contributed by atoms with Crippen molar-refractivity contribution in [2.75, 3.05) is 36.5 Å². The number of nitrogens with one attached hydrogen (secondary N) is 1. The molecular formula is C17H22N4O. The summed E-state index contributed by atoms with van der Waals surface area (Å²) >= 11 is 0. The normalized spacial score (nSPS) is 14.9. The number of hydrogen-bond donors (Lipinski definition) is 1. The Morgan fingerprint density at radius 2 is 1.91 bits per heavy atom. The van der Waals surface area contributed by atoms with Crippen molar-refractivity contribution < 1.29 is 4.74 Å². The maximum Gasteiger partial charge on any atom is 0.227 e. The van der Waals surface area contributed by atoms with Gasteiger partial charge in [0.05, 0.1) is 13.2 Å². The SMILES string of the molecule is Cc1cc(NCc2ccccc2C)nc(N2CCOCC2)n1. The van der Waals surface area contributed by atoms with Crippen molar-refractivity contribution in [2.24, 2.45) is 0 Å². The summed E-state index contributed by atoms with van der Waals surface area (Å²) in [4.78, 5) is 11.4. The van der Waals surface area contributed by atoms with Gasteiger partial charge in [-0.2, -0.15) is 4.98 Å². The van der Waals surface area contributed by atoms with Crippen LogP contribution in [0.2, 0.25) is 0 Å². The van der Waals surface area contributed by atoms with Crippen LogP contribution in [0.5, 0.6) is 0 Å². The number of nitrogens with zero attached hydrogens (tertiary/aromatic N) is 3. The number of ether oxygens (including phenoxy) is 1. The Morgan fingerprint density at radius 3 is 2.68 bits per heavy atom. The highest BCUT2D eigenvalue weighted by Gasteiger charge is 2.14. The highest BCUT2D eigenvalue weighted by Crippen LogP contribution is 2.16. The molecule has 5 heteroatoms. The Hall–Kier alpha value is -2.14. The predicted molar refractivity (Wildman–Crippen MR) is 88.3 cm³/mol. The van der Waals surface area contributed by atoms with E-state index in [9.17, 15) is 0 Å². The molecule has 3 rings (SSSR count). The molecule has 0 saturated carbocycles. The summed E-state index contributed by atoms with van der Waals surface area (Å²) in [5.74, 6) is 1.66. The topological polar surface area (TPSA) is 50.3 Å². The van der Waals surface area contributed by atoms with E-state index in [0.29, 0.717) is 0 Å². The van der Waals surface area contributed by atoms with Gasteiger partial charge in [0, 0.05) is 31.4 Å². The standard InChI is InChI=1S/C17H22N4O/c1-13-5-3-4-6-15(13)12-18-16-11-14(2)19-17(20-16)21-7-9-22-10-8-21/h3-6,11H,7-10,12H2,1-2H3,(H,18,19,20). The highest BCUT2D eigenvalue weighted by atomic mass is 16.5. The van der Waals surface area contributed by atoms with Crippen molar-refractivity contribution in [3.8, 4) is 0 Å². The third-order valence-corrected chi connectivity index (χ3v) is 3.86. The molecule has 0 bridgehead atoms. The molecular weight excluding hydrogens is 276 g/mol. The van der Waals surface area contributed by atoms with Gasteiger partial charge < -0.3 is 15.0 Å². The van der Waals surface area contributed by atoms with Crippen LogP contribution in [0.25, 0.3) is 0 Å². The summed E-state index contributed by atoms with van der Waals surface area (Å²) in [7, 11) is 0. The molecule has 1 aliphatic heterocycles. The summed E-state index contributed by atoms with van der Waals surface area (Å²) in [5, 5.41) is 3.41. The van der Waals surface area contributed by atoms with Gasteiger partial charge in [0.25, 0.3) is 0 Å². The van der Waals surface area contributed by atoms with Gasteiger partial charge in [-0.25, -0.2) is 4.98 Å². The number of rotatable bonds is 4. The number of morpholine rings is 1. The average Bonchev–Trinajstić information content (AvgIpc) is 2.54. The largest absolute Gasteiger partial charge is 0.378 e. The molecule has 0 unspecified atom stereocenters. The quantitative estimate of drug-likeness (QED) is 0.940. The van der Waals surface area contributed by atoms with Gasteiger partial charge in [-0.1, -0.05) is 24.3 Å². The monoisotopic (exact) mass is 298 g/mol. The van der Waals surface area contributed by atoms with Crippen LogP contribution in [0.3, 0.4) is 0 Å². The molecule has 0 radical (unpaired) electrons. The molecule has 22 heavy (non-hydrogen) atoms. The summed E-state index contributed by atoms with van der Waals surface area (Å²) in [6.07, 6.45) is 0. The molecule has 0 amide bonds. The fourth-order valence-electron chi connectivity index (χ4n) is 2.54. The van der Waals surface area contributed by atoms with Crippen molar-refractivity contribution in [1.29, 1.82) is 0 Å². The maximum absolute atomic E-state index is 5.39. The second-order valence-corrected chi connectivity index (χ2v) is 5.57. The van der Waals surface area contributed by atoms with Crippen molar-refractivity contribution in [3.63, 3.8) is 0 Å². The third kappa shape index (κ3) is 3.54. The Labute approximate surface area is 131 Å². The molecule has 1 aliphatic rings. The lowest BCUT2D eigenvalue weighted by molar-refractivity contribution is 0.122. The Kier molecular flexibility index (Phi) is 4.53. The minimum absolute atomic E-state index is 0.739. The molecule has 2 heterocycles. The van der Waals surface area contributed by atoms with E-state index in [2.05, 4.69) is 51.4 Å². The molecule has 5 nitrogen and oxygen atoms in total. The summed E-state index contributed by atoms with van der Waals surface area (Å²) in [6.45, 7) is 8.07. The minimum Gasteiger partial charge on any atom is -0.378 e. The predicted octanol–water partition coefficient (Wildman–Crippen LogP) is 2.54. The van der Waals surface area contributed by atoms with Gasteiger partial charge in [-0.3, -0.25) is 0 Å². The highest BCUT2D eigenvalue weighted by molar-refractivity contribution is 5.44. The molecule has 1 aromatic heterocycles. The minimum atomic E-state index is 0.739.